The van der Waals surface area contributed by atoms with E-state index in [9.17, 15) is 14.9 Å². The molecule has 2 N–H and O–H groups in total. The smallest absolute Gasteiger partial charge is 0.293 e. The van der Waals surface area contributed by atoms with Crippen molar-refractivity contribution in [1.29, 1.82) is 0 Å². The minimum Gasteiger partial charge on any atom is -0.383 e. The number of amides is 1. The van der Waals surface area contributed by atoms with Gasteiger partial charge in [-0.15, -0.1) is 0 Å². The second-order valence-corrected chi connectivity index (χ2v) is 6.00. The standard InChI is InChI=1S/C19H19N5O3/c1-13(14-3-6-16(7-4-14)23-10-9-21-12-23)22-19(25)15-5-8-17(20-2)18(11-15)24(26)27/h3-13,20H,1-2H3,(H,22,25). The molecule has 0 bridgehead atoms. The lowest BCUT2D eigenvalue weighted by Crippen LogP contribution is -2.26. The first-order chi connectivity index (χ1) is 13.0. The molecule has 1 unspecified atom stereocenters. The van der Waals surface area contributed by atoms with Crippen LogP contribution in [0.1, 0.15) is 28.9 Å². The van der Waals surface area contributed by atoms with E-state index in [0.29, 0.717) is 5.69 Å². The molecule has 1 aromatic heterocycles. The van der Waals surface area contributed by atoms with E-state index in [2.05, 4.69) is 15.6 Å². The molecule has 3 aromatic rings. The number of imidazole rings is 1. The number of nitro benzene ring substituents is 1. The molecule has 27 heavy (non-hydrogen) atoms. The van der Waals surface area contributed by atoms with Crippen LogP contribution in [0, 0.1) is 10.1 Å². The molecule has 0 aliphatic rings. The van der Waals surface area contributed by atoms with E-state index >= 15 is 0 Å². The van der Waals surface area contributed by atoms with Gasteiger partial charge in [-0.05, 0) is 36.8 Å². The third-order valence-electron chi connectivity index (χ3n) is 4.27. The molecule has 1 atom stereocenters. The molecule has 2 aromatic carbocycles. The number of anilines is 1. The molecule has 0 saturated carbocycles. The quantitative estimate of drug-likeness (QED) is 0.515. The summed E-state index contributed by atoms with van der Waals surface area (Å²) in [4.78, 5) is 27.1. The van der Waals surface area contributed by atoms with Gasteiger partial charge in [-0.3, -0.25) is 14.9 Å². The lowest BCUT2D eigenvalue weighted by atomic mass is 10.1. The van der Waals surface area contributed by atoms with Crippen LogP contribution in [0.25, 0.3) is 5.69 Å². The summed E-state index contributed by atoms with van der Waals surface area (Å²) in [6, 6.07) is 11.8. The molecule has 0 aliphatic heterocycles. The van der Waals surface area contributed by atoms with Crippen LogP contribution < -0.4 is 10.6 Å². The maximum absolute atomic E-state index is 12.5. The highest BCUT2D eigenvalue weighted by Gasteiger charge is 2.18. The van der Waals surface area contributed by atoms with E-state index in [1.54, 1.807) is 25.6 Å². The molecule has 138 valence electrons. The van der Waals surface area contributed by atoms with Crippen molar-refractivity contribution < 1.29 is 9.72 Å². The fourth-order valence-electron chi connectivity index (χ4n) is 2.75. The fraction of sp³-hybridized carbons (Fsp3) is 0.158. The third-order valence-corrected chi connectivity index (χ3v) is 4.27. The lowest BCUT2D eigenvalue weighted by molar-refractivity contribution is -0.384. The summed E-state index contributed by atoms with van der Waals surface area (Å²) in [5, 5.41) is 16.8. The van der Waals surface area contributed by atoms with Crippen molar-refractivity contribution in [3.8, 4) is 5.69 Å². The van der Waals surface area contributed by atoms with Crippen molar-refractivity contribution in [2.24, 2.45) is 0 Å². The number of hydrogen-bond acceptors (Lipinski definition) is 5. The van der Waals surface area contributed by atoms with Crippen LogP contribution in [0.15, 0.2) is 61.2 Å². The van der Waals surface area contributed by atoms with E-state index in [1.807, 2.05) is 42.0 Å². The SMILES string of the molecule is CNc1ccc(C(=O)NC(C)c2ccc(-n3ccnc3)cc2)cc1[N+](=O)[O-]. The van der Waals surface area contributed by atoms with Gasteiger partial charge < -0.3 is 15.2 Å². The van der Waals surface area contributed by atoms with Gasteiger partial charge in [0.15, 0.2) is 0 Å². The maximum atomic E-state index is 12.5. The van der Waals surface area contributed by atoms with Gasteiger partial charge >= 0.3 is 0 Å². The van der Waals surface area contributed by atoms with Gasteiger partial charge in [-0.1, -0.05) is 12.1 Å². The van der Waals surface area contributed by atoms with E-state index in [4.69, 9.17) is 0 Å². The van der Waals surface area contributed by atoms with Crippen molar-refractivity contribution in [3.05, 3.63) is 82.4 Å². The zero-order valence-corrected chi connectivity index (χ0v) is 14.9. The molecule has 0 spiro atoms. The highest BCUT2D eigenvalue weighted by atomic mass is 16.6. The number of aromatic nitrogens is 2. The Bertz CT molecular complexity index is 952. The summed E-state index contributed by atoms with van der Waals surface area (Å²) >= 11 is 0. The molecule has 0 fully saturated rings. The summed E-state index contributed by atoms with van der Waals surface area (Å²) < 4.78 is 1.88. The summed E-state index contributed by atoms with van der Waals surface area (Å²) in [6.45, 7) is 1.86. The molecule has 8 nitrogen and oxygen atoms in total. The minimum absolute atomic E-state index is 0.137. The predicted molar refractivity (Wildman–Crippen MR) is 102 cm³/mol. The number of rotatable bonds is 6. The number of hydrogen-bond donors (Lipinski definition) is 2. The second-order valence-electron chi connectivity index (χ2n) is 6.00. The Hall–Kier alpha value is -3.68. The van der Waals surface area contributed by atoms with Gasteiger partial charge in [0.05, 0.1) is 17.3 Å². The monoisotopic (exact) mass is 365 g/mol. The second kappa shape index (κ2) is 7.69. The Kier molecular flexibility index (Phi) is 5.16. The van der Waals surface area contributed by atoms with Crippen molar-refractivity contribution in [3.63, 3.8) is 0 Å². The van der Waals surface area contributed by atoms with E-state index < -0.39 is 4.92 Å². The average Bonchev–Trinajstić information content (AvgIpc) is 3.22. The zero-order chi connectivity index (χ0) is 19.4. The first-order valence-electron chi connectivity index (χ1n) is 8.35. The van der Waals surface area contributed by atoms with Crippen LogP contribution in [0.4, 0.5) is 11.4 Å². The molecule has 0 radical (unpaired) electrons. The highest BCUT2D eigenvalue weighted by Crippen LogP contribution is 2.25. The largest absolute Gasteiger partial charge is 0.383 e. The number of nitrogens with zero attached hydrogens (tertiary/aromatic N) is 3. The van der Waals surface area contributed by atoms with Gasteiger partial charge in [0, 0.05) is 36.8 Å². The van der Waals surface area contributed by atoms with Crippen LogP contribution >= 0.6 is 0 Å². The molecule has 3 rings (SSSR count). The Morgan fingerprint density at radius 3 is 2.56 bits per heavy atom. The van der Waals surface area contributed by atoms with Crippen LogP contribution in [0.2, 0.25) is 0 Å². The Labute approximate surface area is 156 Å². The average molecular weight is 365 g/mol. The normalized spacial score (nSPS) is 11.6. The third kappa shape index (κ3) is 3.95. The molecule has 1 amide bonds. The zero-order valence-electron chi connectivity index (χ0n) is 14.9. The number of benzene rings is 2. The van der Waals surface area contributed by atoms with Crippen molar-refractivity contribution in [2.75, 3.05) is 12.4 Å². The van der Waals surface area contributed by atoms with Crippen molar-refractivity contribution in [1.82, 2.24) is 14.9 Å². The summed E-state index contributed by atoms with van der Waals surface area (Å²) in [6.07, 6.45) is 5.26. The number of nitrogens with one attached hydrogen (secondary N) is 2. The molecule has 8 heteroatoms. The van der Waals surface area contributed by atoms with E-state index in [-0.39, 0.29) is 23.2 Å². The molecular formula is C19H19N5O3. The van der Waals surface area contributed by atoms with Crippen LogP contribution in [0.5, 0.6) is 0 Å². The number of carbonyl (C=O) groups excluding carboxylic acids is 1. The Balaban J connectivity index is 1.74. The van der Waals surface area contributed by atoms with Gasteiger partial charge in [-0.25, -0.2) is 4.98 Å². The Morgan fingerprint density at radius 2 is 1.96 bits per heavy atom. The van der Waals surface area contributed by atoms with Gasteiger partial charge in [-0.2, -0.15) is 0 Å². The predicted octanol–water partition coefficient (Wildman–Crippen LogP) is 3.31. The molecule has 0 saturated heterocycles. The first-order valence-corrected chi connectivity index (χ1v) is 8.35. The van der Waals surface area contributed by atoms with E-state index in [0.717, 1.165) is 11.3 Å². The fourth-order valence-corrected chi connectivity index (χ4v) is 2.75. The summed E-state index contributed by atoms with van der Waals surface area (Å²) in [5.41, 5.74) is 2.35. The topological polar surface area (TPSA) is 102 Å². The number of carbonyl (C=O) groups is 1. The highest BCUT2D eigenvalue weighted by molar-refractivity contribution is 5.96. The van der Waals surface area contributed by atoms with Crippen LogP contribution in [0.3, 0.4) is 0 Å². The van der Waals surface area contributed by atoms with Gasteiger partial charge in [0.2, 0.25) is 0 Å². The lowest BCUT2D eigenvalue weighted by Gasteiger charge is -2.15. The first kappa shape index (κ1) is 18.1. The van der Waals surface area contributed by atoms with Gasteiger partial charge in [0.25, 0.3) is 11.6 Å². The van der Waals surface area contributed by atoms with Crippen molar-refractivity contribution in [2.45, 2.75) is 13.0 Å². The molecular weight excluding hydrogens is 346 g/mol. The summed E-state index contributed by atoms with van der Waals surface area (Å²) in [7, 11) is 1.59. The van der Waals surface area contributed by atoms with Crippen molar-refractivity contribution >= 4 is 17.3 Å². The maximum Gasteiger partial charge on any atom is 0.293 e. The minimum atomic E-state index is -0.513. The molecule has 0 aliphatic carbocycles. The Morgan fingerprint density at radius 1 is 1.22 bits per heavy atom. The van der Waals surface area contributed by atoms with Crippen LogP contribution in [-0.4, -0.2) is 27.4 Å². The van der Waals surface area contributed by atoms with E-state index in [1.165, 1.54) is 12.1 Å². The number of nitro groups is 1. The summed E-state index contributed by atoms with van der Waals surface area (Å²) in [5.74, 6) is -0.369. The van der Waals surface area contributed by atoms with Crippen LogP contribution in [-0.2, 0) is 0 Å². The molecule has 1 heterocycles. The van der Waals surface area contributed by atoms with Gasteiger partial charge in [0.1, 0.15) is 5.69 Å².